The summed E-state index contributed by atoms with van der Waals surface area (Å²) in [6.45, 7) is 5.19. The van der Waals surface area contributed by atoms with E-state index in [9.17, 15) is 28.8 Å². The fourth-order valence-corrected chi connectivity index (χ4v) is 10.3. The van der Waals surface area contributed by atoms with Gasteiger partial charge in [-0.1, -0.05) is 6.07 Å². The van der Waals surface area contributed by atoms with Crippen LogP contribution < -0.4 is 26.0 Å². The Morgan fingerprint density at radius 3 is 2.47 bits per heavy atom. The van der Waals surface area contributed by atoms with Crippen molar-refractivity contribution in [2.45, 2.75) is 76.3 Å². The van der Waals surface area contributed by atoms with Gasteiger partial charge in [0.2, 0.25) is 11.8 Å². The second-order valence-corrected chi connectivity index (χ2v) is 17.3. The number of amides is 3. The minimum absolute atomic E-state index is 0.0507. The van der Waals surface area contributed by atoms with Crippen molar-refractivity contribution >= 4 is 51.0 Å². The van der Waals surface area contributed by atoms with Crippen molar-refractivity contribution in [1.82, 2.24) is 29.1 Å². The third-order valence-corrected chi connectivity index (χ3v) is 13.8. The molecule has 5 heterocycles. The molecule has 0 radical (unpaired) electrons. The molecule has 60 heavy (non-hydrogen) atoms. The molecular formula is C45H50FN9O5. The number of halogens is 1. The van der Waals surface area contributed by atoms with E-state index in [0.29, 0.717) is 29.2 Å². The first-order valence-electron chi connectivity index (χ1n) is 21.1. The van der Waals surface area contributed by atoms with E-state index in [1.165, 1.54) is 26.0 Å². The highest BCUT2D eigenvalue weighted by Crippen LogP contribution is 2.44. The number of hydrogen-bond donors (Lipinski definition) is 2. The lowest BCUT2D eigenvalue weighted by molar-refractivity contribution is -0.135. The smallest absolute Gasteiger partial charge is 0.329 e. The molecule has 1 saturated carbocycles. The van der Waals surface area contributed by atoms with Crippen LogP contribution in [0.1, 0.15) is 92.2 Å². The lowest BCUT2D eigenvalue weighted by Gasteiger charge is -2.48. The van der Waals surface area contributed by atoms with Crippen molar-refractivity contribution in [3.8, 4) is 11.8 Å². The van der Waals surface area contributed by atoms with E-state index in [1.54, 1.807) is 22.2 Å². The predicted molar refractivity (Wildman–Crippen MR) is 225 cm³/mol. The minimum atomic E-state index is -0.697. The predicted octanol–water partition coefficient (Wildman–Crippen LogP) is 6.05. The van der Waals surface area contributed by atoms with Gasteiger partial charge in [-0.15, -0.1) is 0 Å². The quantitative estimate of drug-likeness (QED) is 0.178. The number of rotatable bonds is 8. The maximum absolute atomic E-state index is 14.0. The number of nitrogens with one attached hydrogen (secondary N) is 2. The van der Waals surface area contributed by atoms with Gasteiger partial charge in [0.05, 0.1) is 52.7 Å². The van der Waals surface area contributed by atoms with Gasteiger partial charge in [-0.25, -0.2) is 9.18 Å². The molecule has 3 amide bonds. The molecule has 1 unspecified atom stereocenters. The number of aryl methyl sites for hydroxylation is 1. The largest absolute Gasteiger partial charge is 0.494 e. The van der Waals surface area contributed by atoms with Crippen molar-refractivity contribution in [2.75, 3.05) is 50.1 Å². The van der Waals surface area contributed by atoms with Gasteiger partial charge >= 0.3 is 5.69 Å². The molecule has 312 valence electrons. The van der Waals surface area contributed by atoms with E-state index >= 15 is 0 Å². The summed E-state index contributed by atoms with van der Waals surface area (Å²) in [5.41, 5.74) is 4.02. The van der Waals surface area contributed by atoms with Gasteiger partial charge in [-0.3, -0.25) is 33.5 Å². The third-order valence-electron chi connectivity index (χ3n) is 13.8. The number of carbonyl (C=O) groups excluding carboxylic acids is 3. The Bertz CT molecular complexity index is 2600. The summed E-state index contributed by atoms with van der Waals surface area (Å²) in [4.78, 5) is 56.2. The van der Waals surface area contributed by atoms with Gasteiger partial charge < -0.3 is 19.9 Å². The zero-order valence-electron chi connectivity index (χ0n) is 34.1. The molecule has 2 N–H and O–H groups in total. The Morgan fingerprint density at radius 2 is 1.75 bits per heavy atom. The van der Waals surface area contributed by atoms with E-state index in [2.05, 4.69) is 31.2 Å². The molecule has 3 aromatic carbocycles. The number of imidazole rings is 1. The SMILES string of the molecule is COc1cc2nn([C@H]3CC[C@H](CN4CCC5(CC4)CCN(c4cccc6c4n(C)c(=O)n6C4CCC(=O)NC4=O)CC5)CC3)cc2cc1NC(=O)c1cc(F)cc(C#N)c1. The number of methoxy groups -OCH3 is 1. The fourth-order valence-electron chi connectivity index (χ4n) is 10.3. The molecule has 1 atom stereocenters. The third kappa shape index (κ3) is 7.42. The van der Waals surface area contributed by atoms with Crippen LogP contribution in [0, 0.1) is 28.5 Å². The van der Waals surface area contributed by atoms with Gasteiger partial charge in [0.25, 0.3) is 5.91 Å². The highest BCUT2D eigenvalue weighted by Gasteiger charge is 2.39. The van der Waals surface area contributed by atoms with Crippen molar-refractivity contribution in [2.24, 2.45) is 18.4 Å². The van der Waals surface area contributed by atoms with Crippen LogP contribution in [-0.2, 0) is 16.6 Å². The number of likely N-dealkylation sites (tertiary alicyclic amines) is 1. The number of fused-ring (bicyclic) bond motifs is 2. The number of aromatic nitrogens is 4. The normalized spacial score (nSPS) is 22.2. The van der Waals surface area contributed by atoms with Gasteiger partial charge in [-0.2, -0.15) is 10.4 Å². The van der Waals surface area contributed by atoms with Gasteiger partial charge in [0.1, 0.15) is 17.6 Å². The second kappa shape index (κ2) is 15.9. The Morgan fingerprint density at radius 1 is 1.00 bits per heavy atom. The van der Waals surface area contributed by atoms with Crippen LogP contribution in [0.2, 0.25) is 0 Å². The first-order chi connectivity index (χ1) is 29.0. The van der Waals surface area contributed by atoms with Crippen LogP contribution in [0.3, 0.4) is 0 Å². The summed E-state index contributed by atoms with van der Waals surface area (Å²) in [5, 5.41) is 20.2. The molecule has 1 spiro atoms. The van der Waals surface area contributed by atoms with E-state index < -0.39 is 23.7 Å². The van der Waals surface area contributed by atoms with Crippen molar-refractivity contribution in [3.63, 3.8) is 0 Å². The van der Waals surface area contributed by atoms with Crippen molar-refractivity contribution in [1.29, 1.82) is 5.26 Å². The van der Waals surface area contributed by atoms with Crippen LogP contribution in [0.15, 0.2) is 59.5 Å². The summed E-state index contributed by atoms with van der Waals surface area (Å²) in [6, 6.07) is 14.6. The lowest BCUT2D eigenvalue weighted by Crippen LogP contribution is -2.48. The Labute approximate surface area is 346 Å². The molecule has 3 saturated heterocycles. The molecule has 15 heteroatoms. The summed E-state index contributed by atoms with van der Waals surface area (Å²) >= 11 is 0. The van der Waals surface area contributed by atoms with Crippen molar-refractivity contribution in [3.05, 3.63) is 82.2 Å². The Hall–Kier alpha value is -6.01. The second-order valence-electron chi connectivity index (χ2n) is 17.3. The molecule has 5 aromatic rings. The number of para-hydroxylation sites is 1. The minimum Gasteiger partial charge on any atom is -0.494 e. The molecule has 14 nitrogen and oxygen atoms in total. The van der Waals surface area contributed by atoms with Gasteiger partial charge in [0.15, 0.2) is 0 Å². The zero-order valence-corrected chi connectivity index (χ0v) is 34.1. The van der Waals surface area contributed by atoms with E-state index in [0.717, 1.165) is 111 Å². The molecule has 3 aliphatic heterocycles. The number of carbonyl (C=O) groups is 3. The maximum Gasteiger partial charge on any atom is 0.329 e. The first kappa shape index (κ1) is 39.5. The number of nitrogens with zero attached hydrogens (tertiary/aromatic N) is 7. The number of nitriles is 1. The molecule has 1 aliphatic carbocycles. The molecule has 0 bridgehead atoms. The monoisotopic (exact) mass is 815 g/mol. The average Bonchev–Trinajstić information content (AvgIpc) is 3.78. The topological polar surface area (TPSA) is 160 Å². The van der Waals surface area contributed by atoms with E-state index in [1.807, 2.05) is 30.5 Å². The number of imide groups is 1. The average molecular weight is 816 g/mol. The molecule has 4 fully saturated rings. The van der Waals surface area contributed by atoms with Crippen LogP contribution >= 0.6 is 0 Å². The summed E-state index contributed by atoms with van der Waals surface area (Å²) in [5.74, 6) is -0.810. The van der Waals surface area contributed by atoms with Crippen LogP contribution in [0.5, 0.6) is 5.75 Å². The van der Waals surface area contributed by atoms with Crippen LogP contribution in [-0.4, -0.2) is 81.4 Å². The highest BCUT2D eigenvalue weighted by molar-refractivity contribution is 6.06. The van der Waals surface area contributed by atoms with Crippen LogP contribution in [0.4, 0.5) is 15.8 Å². The number of hydrogen-bond acceptors (Lipinski definition) is 9. The lowest BCUT2D eigenvalue weighted by atomic mass is 9.71. The fraction of sp³-hybridized carbons (Fsp3) is 0.467. The number of benzene rings is 3. The van der Waals surface area contributed by atoms with Crippen molar-refractivity contribution < 1.29 is 23.5 Å². The molecule has 9 rings (SSSR count). The Balaban J connectivity index is 0.778. The first-order valence-corrected chi connectivity index (χ1v) is 21.1. The number of anilines is 2. The summed E-state index contributed by atoms with van der Waals surface area (Å²) in [6.07, 6.45) is 11.5. The zero-order chi connectivity index (χ0) is 41.7. The Kier molecular flexibility index (Phi) is 10.4. The van der Waals surface area contributed by atoms with Gasteiger partial charge in [0, 0.05) is 56.3 Å². The summed E-state index contributed by atoms with van der Waals surface area (Å²) in [7, 11) is 3.30. The van der Waals surface area contributed by atoms with Gasteiger partial charge in [-0.05, 0) is 119 Å². The standard InChI is InChI=1S/C45H50FN9O5/c1-51-41-36(4-3-5-37(41)55(44(51)59)38-10-11-40(56)49-43(38)58)53-18-14-45(15-19-53)12-16-52(17-13-45)26-28-6-8-33(9-7-28)54-27-31-23-35(39(60-2)24-34(31)50-54)48-42(57)30-20-29(25-47)21-32(46)22-30/h3-5,20-24,27-28,33,38H,6-19,26H2,1-2H3,(H,48,57)(H,49,56,58)/t28-,33-,38?. The summed E-state index contributed by atoms with van der Waals surface area (Å²) < 4.78 is 24.9. The molecular weight excluding hydrogens is 766 g/mol. The molecule has 2 aromatic heterocycles. The highest BCUT2D eigenvalue weighted by atomic mass is 19.1. The number of ether oxygens (including phenoxy) is 1. The van der Waals surface area contributed by atoms with E-state index in [4.69, 9.17) is 9.84 Å². The molecule has 4 aliphatic rings. The maximum atomic E-state index is 14.0. The van der Waals surface area contributed by atoms with Crippen LogP contribution in [0.25, 0.3) is 21.9 Å². The number of piperidine rings is 3. The van der Waals surface area contributed by atoms with E-state index in [-0.39, 0.29) is 35.2 Å².